The zero-order valence-electron chi connectivity index (χ0n) is 18.4. The van der Waals surface area contributed by atoms with E-state index in [9.17, 15) is 29.1 Å². The molecule has 31 heavy (non-hydrogen) atoms. The fraction of sp³-hybridized carbons (Fsp3) is 0.737. The number of carboxylic acid groups (broad SMARTS) is 1. The number of carbonyl (C=O) groups is 5. The lowest BCUT2D eigenvalue weighted by molar-refractivity contribution is -0.144. The van der Waals surface area contributed by atoms with E-state index in [4.69, 9.17) is 16.6 Å². The molecule has 0 saturated carbocycles. The molecule has 5 atom stereocenters. The van der Waals surface area contributed by atoms with Gasteiger partial charge in [0.25, 0.3) is 0 Å². The molecule has 0 fully saturated rings. The van der Waals surface area contributed by atoms with Crippen molar-refractivity contribution in [3.8, 4) is 0 Å². The smallest absolute Gasteiger partial charge is 0.326 e. The summed E-state index contributed by atoms with van der Waals surface area (Å²) in [5, 5.41) is 25.5. The van der Waals surface area contributed by atoms with Crippen molar-refractivity contribution in [1.82, 2.24) is 16.0 Å². The zero-order valence-corrected chi connectivity index (χ0v) is 18.4. The predicted molar refractivity (Wildman–Crippen MR) is 111 cm³/mol. The minimum absolute atomic E-state index is 0.00392. The first-order chi connectivity index (χ1) is 14.3. The second kappa shape index (κ2) is 13.5. The minimum Gasteiger partial charge on any atom is -0.480 e. The van der Waals surface area contributed by atoms with Crippen molar-refractivity contribution in [3.05, 3.63) is 0 Å². The molecular formula is C19H35N5O7. The Morgan fingerprint density at radius 3 is 1.87 bits per heavy atom. The van der Waals surface area contributed by atoms with Gasteiger partial charge in [-0.25, -0.2) is 4.79 Å². The fourth-order valence-electron chi connectivity index (χ4n) is 2.68. The summed E-state index contributed by atoms with van der Waals surface area (Å²) in [7, 11) is 0. The van der Waals surface area contributed by atoms with Crippen LogP contribution in [0.1, 0.15) is 47.0 Å². The molecule has 4 amide bonds. The van der Waals surface area contributed by atoms with Crippen LogP contribution in [0.2, 0.25) is 0 Å². The first-order valence-corrected chi connectivity index (χ1v) is 10.1. The molecule has 0 aromatic heterocycles. The van der Waals surface area contributed by atoms with E-state index >= 15 is 0 Å². The summed E-state index contributed by atoms with van der Waals surface area (Å²) in [5.41, 5.74) is 10.5. The average Bonchev–Trinajstić information content (AvgIpc) is 2.68. The molecule has 0 aromatic rings. The number of aliphatic hydroxyl groups excluding tert-OH is 1. The normalized spacial score (nSPS) is 15.8. The summed E-state index contributed by atoms with van der Waals surface area (Å²) in [5.74, 6) is -4.90. The van der Waals surface area contributed by atoms with Crippen molar-refractivity contribution in [2.45, 2.75) is 71.1 Å². The van der Waals surface area contributed by atoms with Gasteiger partial charge in [-0.15, -0.1) is 0 Å². The predicted octanol–water partition coefficient (Wildman–Crippen LogP) is -2.19. The van der Waals surface area contributed by atoms with Gasteiger partial charge >= 0.3 is 5.97 Å². The SMILES string of the molecule is CCC(C)C(NC(=O)C(CC(C)C)NC(=O)C(N)CO)C(=O)NC(CC(N)=O)C(=O)O. The van der Waals surface area contributed by atoms with Crippen molar-refractivity contribution >= 4 is 29.6 Å². The largest absolute Gasteiger partial charge is 0.480 e. The van der Waals surface area contributed by atoms with Gasteiger partial charge in [0.2, 0.25) is 23.6 Å². The molecule has 0 spiro atoms. The second-order valence-electron chi connectivity index (χ2n) is 7.92. The number of hydrogen-bond donors (Lipinski definition) is 7. The number of hydrogen-bond acceptors (Lipinski definition) is 7. The highest BCUT2D eigenvalue weighted by Gasteiger charge is 2.33. The molecule has 0 aromatic carbocycles. The molecule has 0 saturated heterocycles. The molecule has 9 N–H and O–H groups in total. The lowest BCUT2D eigenvalue weighted by Gasteiger charge is -2.28. The lowest BCUT2D eigenvalue weighted by Crippen LogP contribution is -2.59. The molecule has 12 nitrogen and oxygen atoms in total. The number of nitrogens with two attached hydrogens (primary N) is 2. The number of rotatable bonds is 14. The van der Waals surface area contributed by atoms with Crippen LogP contribution in [0.3, 0.4) is 0 Å². The first kappa shape index (κ1) is 28.3. The monoisotopic (exact) mass is 445 g/mol. The van der Waals surface area contributed by atoms with Crippen molar-refractivity contribution in [2.75, 3.05) is 6.61 Å². The van der Waals surface area contributed by atoms with Crippen LogP contribution in [-0.4, -0.2) is 70.6 Å². The van der Waals surface area contributed by atoms with Crippen LogP contribution in [0.4, 0.5) is 0 Å². The first-order valence-electron chi connectivity index (χ1n) is 10.1. The van der Waals surface area contributed by atoms with Gasteiger partial charge in [-0.3, -0.25) is 19.2 Å². The molecule has 0 aliphatic carbocycles. The van der Waals surface area contributed by atoms with Gasteiger partial charge in [-0.2, -0.15) is 0 Å². The van der Waals surface area contributed by atoms with E-state index in [1.165, 1.54) is 0 Å². The second-order valence-corrected chi connectivity index (χ2v) is 7.92. The van der Waals surface area contributed by atoms with Gasteiger partial charge in [-0.05, 0) is 18.3 Å². The van der Waals surface area contributed by atoms with Crippen LogP contribution in [-0.2, 0) is 24.0 Å². The molecule has 5 unspecified atom stereocenters. The number of nitrogens with one attached hydrogen (secondary N) is 3. The van der Waals surface area contributed by atoms with Crippen LogP contribution in [0.25, 0.3) is 0 Å². The zero-order chi connectivity index (χ0) is 24.3. The Kier molecular flexibility index (Phi) is 12.4. The number of aliphatic hydroxyl groups is 1. The molecule has 178 valence electrons. The van der Waals surface area contributed by atoms with Gasteiger partial charge < -0.3 is 37.6 Å². The van der Waals surface area contributed by atoms with Gasteiger partial charge in [0.1, 0.15) is 24.2 Å². The van der Waals surface area contributed by atoms with Gasteiger partial charge in [0, 0.05) is 0 Å². The molecule has 0 heterocycles. The number of amides is 4. The van der Waals surface area contributed by atoms with Crippen molar-refractivity contribution in [3.63, 3.8) is 0 Å². The summed E-state index contributed by atoms with van der Waals surface area (Å²) in [6.45, 7) is 6.53. The number of primary amides is 1. The summed E-state index contributed by atoms with van der Waals surface area (Å²) in [6, 6.07) is -4.89. The van der Waals surface area contributed by atoms with Gasteiger partial charge in [0.05, 0.1) is 13.0 Å². The number of aliphatic carboxylic acids is 1. The molecular weight excluding hydrogens is 410 g/mol. The van der Waals surface area contributed by atoms with E-state index < -0.39 is 66.8 Å². The van der Waals surface area contributed by atoms with E-state index in [0.717, 1.165) is 0 Å². The molecule has 12 heteroatoms. The summed E-state index contributed by atoms with van der Waals surface area (Å²) in [4.78, 5) is 60.0. The quantitative estimate of drug-likeness (QED) is 0.155. The molecule has 0 bridgehead atoms. The minimum atomic E-state index is -1.54. The third-order valence-electron chi connectivity index (χ3n) is 4.69. The fourth-order valence-corrected chi connectivity index (χ4v) is 2.68. The average molecular weight is 446 g/mol. The standard InChI is InChI=1S/C19H35N5O7/c1-5-10(4)15(18(29)23-13(19(30)31)7-14(21)26)24-17(28)12(6-9(2)3)22-16(27)11(20)8-25/h9-13,15,25H,5-8,20H2,1-4H3,(H2,21,26)(H,22,27)(H,23,29)(H,24,28)(H,30,31). The Balaban J connectivity index is 5.54. The maximum absolute atomic E-state index is 12.9. The molecule has 0 radical (unpaired) electrons. The molecule has 0 rings (SSSR count). The van der Waals surface area contributed by atoms with Gasteiger partial charge in [0.15, 0.2) is 0 Å². The van der Waals surface area contributed by atoms with E-state index in [1.54, 1.807) is 13.8 Å². The van der Waals surface area contributed by atoms with Crippen LogP contribution in [0, 0.1) is 11.8 Å². The van der Waals surface area contributed by atoms with E-state index in [1.807, 2.05) is 13.8 Å². The van der Waals surface area contributed by atoms with Gasteiger partial charge in [-0.1, -0.05) is 34.1 Å². The maximum Gasteiger partial charge on any atom is 0.326 e. The Hall–Kier alpha value is -2.73. The van der Waals surface area contributed by atoms with Crippen LogP contribution >= 0.6 is 0 Å². The summed E-state index contributed by atoms with van der Waals surface area (Å²) < 4.78 is 0. The lowest BCUT2D eigenvalue weighted by atomic mass is 9.96. The molecule has 0 aliphatic heterocycles. The Bertz CT molecular complexity index is 656. The summed E-state index contributed by atoms with van der Waals surface area (Å²) in [6.07, 6.45) is 0.111. The Morgan fingerprint density at radius 1 is 0.903 bits per heavy atom. The van der Waals surface area contributed by atoms with E-state index in [0.29, 0.717) is 6.42 Å². The highest BCUT2D eigenvalue weighted by molar-refractivity contribution is 5.95. The Morgan fingerprint density at radius 2 is 1.45 bits per heavy atom. The third-order valence-corrected chi connectivity index (χ3v) is 4.69. The highest BCUT2D eigenvalue weighted by atomic mass is 16.4. The van der Waals surface area contributed by atoms with Crippen LogP contribution in [0.5, 0.6) is 0 Å². The van der Waals surface area contributed by atoms with E-state index in [2.05, 4.69) is 16.0 Å². The van der Waals surface area contributed by atoms with Crippen molar-refractivity contribution in [2.24, 2.45) is 23.3 Å². The van der Waals surface area contributed by atoms with Crippen LogP contribution < -0.4 is 27.4 Å². The maximum atomic E-state index is 12.9. The number of carboxylic acids is 1. The summed E-state index contributed by atoms with van der Waals surface area (Å²) >= 11 is 0. The van der Waals surface area contributed by atoms with Crippen molar-refractivity contribution < 1.29 is 34.2 Å². The molecule has 0 aliphatic rings. The number of carbonyl (C=O) groups excluding carboxylic acids is 4. The third kappa shape index (κ3) is 10.2. The Labute approximate surface area is 181 Å². The van der Waals surface area contributed by atoms with Crippen LogP contribution in [0.15, 0.2) is 0 Å². The van der Waals surface area contributed by atoms with Crippen molar-refractivity contribution in [1.29, 1.82) is 0 Å². The topological polar surface area (TPSA) is 214 Å². The highest BCUT2D eigenvalue weighted by Crippen LogP contribution is 2.11. The van der Waals surface area contributed by atoms with E-state index in [-0.39, 0.29) is 18.3 Å².